The Morgan fingerprint density at radius 3 is 2.08 bits per heavy atom. The molecule has 1 aromatic rings. The Labute approximate surface area is 71.4 Å². The number of halogens is 3. The zero-order valence-electron chi connectivity index (χ0n) is 6.11. The first kappa shape index (κ1) is 9.08. The molecule has 0 fully saturated rings. The molecule has 0 unspecified atom stereocenters. The first-order valence-corrected chi connectivity index (χ1v) is 3.09. The van der Waals surface area contributed by atoms with Crippen LogP contribution in [0.2, 0.25) is 0 Å². The van der Waals surface area contributed by atoms with Crippen LogP contribution in [0.3, 0.4) is 0 Å². The molecule has 0 N–H and O–H groups in total. The maximum Gasteiger partial charge on any atom is 0.195 e. The fraction of sp³-hybridized carbons (Fsp3) is 0. The van der Waals surface area contributed by atoms with Crippen LogP contribution in [-0.2, 0) is 0 Å². The maximum absolute atomic E-state index is 12.7. The molecule has 0 atom stereocenters. The van der Waals surface area contributed by atoms with Crippen molar-refractivity contribution in [3.05, 3.63) is 34.6 Å². The van der Waals surface area contributed by atoms with Crippen molar-refractivity contribution in [3.8, 4) is 12.1 Å². The largest absolute Gasteiger partial charge is 0.204 e. The molecule has 64 valence electrons. The Kier molecular flexibility index (Phi) is 2.21. The van der Waals surface area contributed by atoms with Crippen LogP contribution in [0, 0.1) is 40.1 Å². The lowest BCUT2D eigenvalue weighted by atomic mass is 10.1. The normalized spacial score (nSPS) is 9.00. The number of benzene rings is 1. The van der Waals surface area contributed by atoms with E-state index in [9.17, 15) is 13.2 Å². The molecular weight excluding hydrogens is 181 g/mol. The summed E-state index contributed by atoms with van der Waals surface area (Å²) in [5.74, 6) is -4.84. The van der Waals surface area contributed by atoms with Gasteiger partial charge in [-0.2, -0.15) is 10.5 Å². The Bertz CT molecular complexity index is 440. The zero-order valence-corrected chi connectivity index (χ0v) is 6.11. The highest BCUT2D eigenvalue weighted by Gasteiger charge is 2.17. The van der Waals surface area contributed by atoms with Gasteiger partial charge < -0.3 is 0 Å². The summed E-state index contributed by atoms with van der Waals surface area (Å²) in [6, 6.07) is 3.15. The van der Waals surface area contributed by atoms with Crippen LogP contribution < -0.4 is 0 Å². The summed E-state index contributed by atoms with van der Waals surface area (Å²) in [5.41, 5.74) is -1.29. The summed E-state index contributed by atoms with van der Waals surface area (Å²) in [7, 11) is 0. The third kappa shape index (κ3) is 1.32. The number of hydrogen-bond acceptors (Lipinski definition) is 2. The van der Waals surface area contributed by atoms with Crippen molar-refractivity contribution < 1.29 is 13.2 Å². The third-order valence-corrected chi connectivity index (χ3v) is 1.39. The van der Waals surface area contributed by atoms with E-state index in [1.54, 1.807) is 0 Å². The van der Waals surface area contributed by atoms with E-state index in [2.05, 4.69) is 0 Å². The minimum Gasteiger partial charge on any atom is -0.204 e. The van der Waals surface area contributed by atoms with Crippen molar-refractivity contribution in [3.63, 3.8) is 0 Å². The van der Waals surface area contributed by atoms with Gasteiger partial charge in [0.05, 0.1) is 5.56 Å². The van der Waals surface area contributed by atoms with E-state index < -0.39 is 28.6 Å². The lowest BCUT2D eigenvalue weighted by Gasteiger charge is -1.98. The summed E-state index contributed by atoms with van der Waals surface area (Å²) in [4.78, 5) is 0. The second-order valence-electron chi connectivity index (χ2n) is 2.13. The van der Waals surface area contributed by atoms with Gasteiger partial charge in [-0.1, -0.05) is 0 Å². The van der Waals surface area contributed by atoms with Crippen LogP contribution in [0.4, 0.5) is 13.2 Å². The van der Waals surface area contributed by atoms with Gasteiger partial charge in [-0.3, -0.25) is 0 Å². The van der Waals surface area contributed by atoms with Gasteiger partial charge in [-0.05, 0) is 6.07 Å². The van der Waals surface area contributed by atoms with Gasteiger partial charge in [0.15, 0.2) is 17.5 Å². The van der Waals surface area contributed by atoms with Crippen LogP contribution in [0.1, 0.15) is 11.1 Å². The molecule has 1 rings (SSSR count). The molecule has 0 radical (unpaired) electrons. The molecule has 0 saturated heterocycles. The predicted molar refractivity (Wildman–Crippen MR) is 35.7 cm³/mol. The molecule has 5 heteroatoms. The van der Waals surface area contributed by atoms with Crippen molar-refractivity contribution in [1.29, 1.82) is 10.5 Å². The summed E-state index contributed by atoms with van der Waals surface area (Å²) in [5, 5.41) is 16.6. The monoisotopic (exact) mass is 182 g/mol. The van der Waals surface area contributed by atoms with Crippen molar-refractivity contribution >= 4 is 0 Å². The van der Waals surface area contributed by atoms with E-state index in [1.165, 1.54) is 12.1 Å². The van der Waals surface area contributed by atoms with Gasteiger partial charge in [0.1, 0.15) is 17.7 Å². The van der Waals surface area contributed by atoms with Crippen LogP contribution in [0.15, 0.2) is 6.07 Å². The molecule has 0 saturated carbocycles. The quantitative estimate of drug-likeness (QED) is 0.574. The molecule has 0 aliphatic rings. The van der Waals surface area contributed by atoms with Crippen LogP contribution in [0.25, 0.3) is 0 Å². The number of rotatable bonds is 0. The Hall–Kier alpha value is -2.01. The first-order chi connectivity index (χ1) is 6.11. The minimum absolute atomic E-state index is 0.483. The third-order valence-electron chi connectivity index (χ3n) is 1.39. The van der Waals surface area contributed by atoms with Crippen LogP contribution in [0.5, 0.6) is 0 Å². The van der Waals surface area contributed by atoms with E-state index >= 15 is 0 Å². The highest BCUT2D eigenvalue weighted by molar-refractivity contribution is 5.46. The Morgan fingerprint density at radius 2 is 1.62 bits per heavy atom. The van der Waals surface area contributed by atoms with E-state index in [-0.39, 0.29) is 0 Å². The lowest BCUT2D eigenvalue weighted by molar-refractivity contribution is 0.445. The van der Waals surface area contributed by atoms with E-state index in [0.717, 1.165) is 0 Å². The van der Waals surface area contributed by atoms with E-state index in [1.807, 2.05) is 0 Å². The second-order valence-corrected chi connectivity index (χ2v) is 2.13. The SMILES string of the molecule is N#Cc1cc(F)c(F)c(F)c1C#N. The van der Waals surface area contributed by atoms with Gasteiger partial charge >= 0.3 is 0 Å². The fourth-order valence-corrected chi connectivity index (χ4v) is 0.793. The highest BCUT2D eigenvalue weighted by Crippen LogP contribution is 2.18. The van der Waals surface area contributed by atoms with Gasteiger partial charge in [-0.25, -0.2) is 13.2 Å². The van der Waals surface area contributed by atoms with Crippen molar-refractivity contribution in [2.45, 2.75) is 0 Å². The first-order valence-electron chi connectivity index (χ1n) is 3.09. The van der Waals surface area contributed by atoms with Crippen molar-refractivity contribution in [2.24, 2.45) is 0 Å². The molecule has 0 aliphatic carbocycles. The van der Waals surface area contributed by atoms with Crippen molar-refractivity contribution in [1.82, 2.24) is 0 Å². The minimum atomic E-state index is -1.74. The van der Waals surface area contributed by atoms with Crippen LogP contribution >= 0.6 is 0 Å². The Morgan fingerprint density at radius 1 is 1.00 bits per heavy atom. The smallest absolute Gasteiger partial charge is 0.195 e. The molecule has 0 aromatic heterocycles. The van der Waals surface area contributed by atoms with Gasteiger partial charge in [-0.15, -0.1) is 0 Å². The van der Waals surface area contributed by atoms with E-state index in [0.29, 0.717) is 6.07 Å². The van der Waals surface area contributed by atoms with Gasteiger partial charge in [0.25, 0.3) is 0 Å². The molecular formula is C8HF3N2. The van der Waals surface area contributed by atoms with Gasteiger partial charge in [0.2, 0.25) is 0 Å². The maximum atomic E-state index is 12.7. The zero-order chi connectivity index (χ0) is 10.0. The van der Waals surface area contributed by atoms with Crippen LogP contribution in [-0.4, -0.2) is 0 Å². The highest BCUT2D eigenvalue weighted by atomic mass is 19.2. The number of nitrogens with zero attached hydrogens (tertiary/aromatic N) is 2. The topological polar surface area (TPSA) is 47.6 Å². The average molecular weight is 182 g/mol. The summed E-state index contributed by atoms with van der Waals surface area (Å²) in [6.45, 7) is 0. The molecule has 0 spiro atoms. The molecule has 0 aliphatic heterocycles. The molecule has 0 heterocycles. The van der Waals surface area contributed by atoms with Crippen molar-refractivity contribution in [2.75, 3.05) is 0 Å². The standard InChI is InChI=1S/C8HF3N2/c9-6-1-4(2-12)5(3-13)7(10)8(6)11/h1H. The summed E-state index contributed by atoms with van der Waals surface area (Å²) in [6.07, 6.45) is 0. The predicted octanol–water partition coefficient (Wildman–Crippen LogP) is 1.85. The number of nitriles is 2. The summed E-state index contributed by atoms with van der Waals surface area (Å²) < 4.78 is 37.7. The number of hydrogen-bond donors (Lipinski definition) is 0. The summed E-state index contributed by atoms with van der Waals surface area (Å²) >= 11 is 0. The van der Waals surface area contributed by atoms with Gasteiger partial charge in [0, 0.05) is 0 Å². The second kappa shape index (κ2) is 3.16. The molecule has 0 bridgehead atoms. The molecule has 13 heavy (non-hydrogen) atoms. The molecule has 1 aromatic carbocycles. The lowest BCUT2D eigenvalue weighted by Crippen LogP contribution is -1.98. The molecule has 2 nitrogen and oxygen atoms in total. The molecule has 0 amide bonds. The average Bonchev–Trinajstić information content (AvgIpc) is 2.13. The van der Waals surface area contributed by atoms with E-state index in [4.69, 9.17) is 10.5 Å². The Balaban J connectivity index is 3.63. The fourth-order valence-electron chi connectivity index (χ4n) is 0.793.